The highest BCUT2D eigenvalue weighted by Gasteiger charge is 2.28. The molecule has 2 aromatic rings. The highest BCUT2D eigenvalue weighted by Crippen LogP contribution is 2.20. The van der Waals surface area contributed by atoms with Crippen molar-refractivity contribution in [1.29, 1.82) is 0 Å². The molecule has 2 heterocycles. The summed E-state index contributed by atoms with van der Waals surface area (Å²) in [7, 11) is 1.74. The van der Waals surface area contributed by atoms with Crippen LogP contribution >= 0.6 is 24.0 Å². The van der Waals surface area contributed by atoms with Gasteiger partial charge in [-0.25, -0.2) is 4.98 Å². The van der Waals surface area contributed by atoms with E-state index < -0.39 is 0 Å². The Bertz CT molecular complexity index is 779. The Hall–Kier alpha value is -2.10. The van der Waals surface area contributed by atoms with Crippen LogP contribution in [0.4, 0.5) is 0 Å². The first-order valence-electron chi connectivity index (χ1n) is 9.33. The molecule has 1 N–H and O–H groups in total. The van der Waals surface area contributed by atoms with Gasteiger partial charge in [-0.1, -0.05) is 30.3 Å². The molecule has 1 aromatic heterocycles. The number of guanidine groups is 1. The number of aromatic nitrogens is 1. The fourth-order valence-corrected chi connectivity index (χ4v) is 3.24. The quantitative estimate of drug-likeness (QED) is 0.295. The molecule has 152 valence electrons. The predicted octanol–water partition coefficient (Wildman–Crippen LogP) is 3.31. The molecular weight excluding hydrogens is 471 g/mol. The summed E-state index contributed by atoms with van der Waals surface area (Å²) in [5.41, 5.74) is 0.994. The molecule has 0 bridgehead atoms. The van der Waals surface area contributed by atoms with E-state index in [1.54, 1.807) is 13.2 Å². The Kier molecular flexibility index (Phi) is 8.75. The Morgan fingerprint density at radius 3 is 2.89 bits per heavy atom. The number of esters is 1. The molecule has 1 aliphatic heterocycles. The summed E-state index contributed by atoms with van der Waals surface area (Å²) in [6.07, 6.45) is 3.51. The van der Waals surface area contributed by atoms with Crippen LogP contribution in [0.3, 0.4) is 0 Å². The number of piperidine rings is 1. The first-order chi connectivity index (χ1) is 13.2. The molecule has 1 saturated heterocycles. The van der Waals surface area contributed by atoms with Gasteiger partial charge in [-0.15, -0.1) is 24.0 Å². The smallest absolute Gasteiger partial charge is 0.310 e. The first kappa shape index (κ1) is 22.2. The molecule has 1 fully saturated rings. The number of aliphatic imine (C=N–C) groups is 1. The molecule has 3 rings (SSSR count). The van der Waals surface area contributed by atoms with E-state index in [4.69, 9.17) is 9.15 Å². The summed E-state index contributed by atoms with van der Waals surface area (Å²) in [6.45, 7) is 4.14. The third kappa shape index (κ3) is 5.70. The second-order valence-corrected chi connectivity index (χ2v) is 6.42. The van der Waals surface area contributed by atoms with Crippen molar-refractivity contribution < 1.29 is 13.9 Å². The zero-order valence-corrected chi connectivity index (χ0v) is 18.6. The molecule has 8 heteroatoms. The molecule has 0 spiro atoms. The average molecular weight is 498 g/mol. The number of halogens is 1. The normalized spacial score (nSPS) is 17.0. The molecule has 0 radical (unpaired) electrons. The molecule has 1 aliphatic rings. The van der Waals surface area contributed by atoms with Gasteiger partial charge >= 0.3 is 5.97 Å². The van der Waals surface area contributed by atoms with Crippen LogP contribution in [0.5, 0.6) is 0 Å². The largest absolute Gasteiger partial charge is 0.466 e. The first-order valence-corrected chi connectivity index (χ1v) is 9.33. The van der Waals surface area contributed by atoms with Crippen LogP contribution in [-0.4, -0.2) is 48.6 Å². The topological polar surface area (TPSA) is 80.0 Å². The summed E-state index contributed by atoms with van der Waals surface area (Å²) in [5, 5.41) is 3.28. The lowest BCUT2D eigenvalue weighted by atomic mass is 9.98. The summed E-state index contributed by atoms with van der Waals surface area (Å²) >= 11 is 0. The Morgan fingerprint density at radius 2 is 2.18 bits per heavy atom. The van der Waals surface area contributed by atoms with Gasteiger partial charge in [0.05, 0.1) is 25.3 Å². The monoisotopic (exact) mass is 498 g/mol. The lowest BCUT2D eigenvalue weighted by molar-refractivity contribution is -0.149. The van der Waals surface area contributed by atoms with Gasteiger partial charge in [0.2, 0.25) is 5.89 Å². The number of carbonyl (C=O) groups is 1. The Balaban J connectivity index is 0.00000280. The maximum atomic E-state index is 12.0. The highest BCUT2D eigenvalue weighted by atomic mass is 127. The third-order valence-electron chi connectivity index (χ3n) is 4.56. The van der Waals surface area contributed by atoms with E-state index in [9.17, 15) is 4.79 Å². The van der Waals surface area contributed by atoms with Gasteiger partial charge in [0.1, 0.15) is 0 Å². The van der Waals surface area contributed by atoms with Crippen LogP contribution in [-0.2, 0) is 16.1 Å². The van der Waals surface area contributed by atoms with Gasteiger partial charge in [-0.2, -0.15) is 0 Å². The fourth-order valence-electron chi connectivity index (χ4n) is 3.24. The minimum atomic E-state index is -0.127. The molecule has 28 heavy (non-hydrogen) atoms. The number of hydrogen-bond acceptors (Lipinski definition) is 5. The average Bonchev–Trinajstić information content (AvgIpc) is 3.19. The Morgan fingerprint density at radius 1 is 1.39 bits per heavy atom. The SMILES string of the molecule is CCOC(=O)[C@@H]1CCCN(C(=NC)NCc2ncc(-c3ccccc3)o2)C1.I. The van der Waals surface area contributed by atoms with Gasteiger partial charge in [0.15, 0.2) is 11.7 Å². The standard InChI is InChI=1S/C20H26N4O3.HI/c1-3-26-19(25)16-10-7-11-24(14-16)20(21-2)23-13-18-22-12-17(27-18)15-8-5-4-6-9-15;/h4-6,8-9,12,16H,3,7,10-11,13-14H2,1-2H3,(H,21,23);1H/t16-;/m1./s1. The van der Waals surface area contributed by atoms with Gasteiger partial charge in [-0.05, 0) is 19.8 Å². The minimum absolute atomic E-state index is 0. The maximum Gasteiger partial charge on any atom is 0.310 e. The van der Waals surface area contributed by atoms with Crippen LogP contribution in [0.1, 0.15) is 25.7 Å². The minimum Gasteiger partial charge on any atom is -0.466 e. The lowest BCUT2D eigenvalue weighted by Crippen LogP contribution is -2.48. The number of carbonyl (C=O) groups excluding carboxylic acids is 1. The zero-order chi connectivity index (χ0) is 19.1. The predicted molar refractivity (Wildman–Crippen MR) is 118 cm³/mol. The van der Waals surface area contributed by atoms with Crippen molar-refractivity contribution in [3.8, 4) is 11.3 Å². The van der Waals surface area contributed by atoms with Crippen molar-refractivity contribution in [2.24, 2.45) is 10.9 Å². The fraction of sp³-hybridized carbons (Fsp3) is 0.450. The van der Waals surface area contributed by atoms with E-state index in [1.165, 1.54) is 0 Å². The number of nitrogens with zero attached hydrogens (tertiary/aromatic N) is 3. The summed E-state index contributed by atoms with van der Waals surface area (Å²) in [4.78, 5) is 22.8. The molecule has 0 aliphatic carbocycles. The van der Waals surface area contributed by atoms with Crippen LogP contribution in [0.25, 0.3) is 11.3 Å². The number of ether oxygens (including phenoxy) is 1. The van der Waals surface area contributed by atoms with Crippen LogP contribution in [0.15, 0.2) is 45.9 Å². The van der Waals surface area contributed by atoms with Gasteiger partial charge in [-0.3, -0.25) is 9.79 Å². The second kappa shape index (κ2) is 11.0. The van der Waals surface area contributed by atoms with Crippen molar-refractivity contribution in [3.63, 3.8) is 0 Å². The van der Waals surface area contributed by atoms with E-state index in [0.29, 0.717) is 25.6 Å². The molecule has 1 aromatic carbocycles. The highest BCUT2D eigenvalue weighted by molar-refractivity contribution is 14.0. The van der Waals surface area contributed by atoms with Gasteiger partial charge in [0, 0.05) is 25.7 Å². The third-order valence-corrected chi connectivity index (χ3v) is 4.56. The molecule has 1 atom stereocenters. The van der Waals surface area contributed by atoms with Gasteiger partial charge < -0.3 is 19.4 Å². The zero-order valence-electron chi connectivity index (χ0n) is 16.3. The summed E-state index contributed by atoms with van der Waals surface area (Å²) in [5.74, 6) is 1.83. The van der Waals surface area contributed by atoms with Crippen LogP contribution < -0.4 is 5.32 Å². The van der Waals surface area contributed by atoms with Crippen molar-refractivity contribution in [2.45, 2.75) is 26.3 Å². The van der Waals surface area contributed by atoms with E-state index in [1.807, 2.05) is 37.3 Å². The molecule has 0 saturated carbocycles. The van der Waals surface area contributed by atoms with Crippen molar-refractivity contribution in [2.75, 3.05) is 26.7 Å². The van der Waals surface area contributed by atoms with Crippen molar-refractivity contribution in [3.05, 3.63) is 42.4 Å². The van der Waals surface area contributed by atoms with Crippen molar-refractivity contribution in [1.82, 2.24) is 15.2 Å². The van der Waals surface area contributed by atoms with E-state index >= 15 is 0 Å². The van der Waals surface area contributed by atoms with Crippen molar-refractivity contribution >= 4 is 35.9 Å². The molecule has 0 amide bonds. The van der Waals surface area contributed by atoms with Crippen LogP contribution in [0, 0.1) is 5.92 Å². The van der Waals surface area contributed by atoms with Gasteiger partial charge in [0.25, 0.3) is 0 Å². The van der Waals surface area contributed by atoms with E-state index in [2.05, 4.69) is 20.2 Å². The summed E-state index contributed by atoms with van der Waals surface area (Å²) in [6, 6.07) is 9.87. The number of nitrogens with one attached hydrogen (secondary N) is 1. The van der Waals surface area contributed by atoms with E-state index in [0.717, 1.165) is 36.7 Å². The molecule has 7 nitrogen and oxygen atoms in total. The maximum absolute atomic E-state index is 12.0. The molecular formula is C20H27IN4O3. The number of benzene rings is 1. The number of hydrogen-bond donors (Lipinski definition) is 1. The lowest BCUT2D eigenvalue weighted by Gasteiger charge is -2.33. The van der Waals surface area contributed by atoms with E-state index in [-0.39, 0.29) is 35.9 Å². The molecule has 0 unspecified atom stereocenters. The second-order valence-electron chi connectivity index (χ2n) is 6.42. The Labute approximate surface area is 182 Å². The summed E-state index contributed by atoms with van der Waals surface area (Å²) < 4.78 is 11.0. The van der Waals surface area contributed by atoms with Crippen LogP contribution in [0.2, 0.25) is 0 Å². The number of oxazole rings is 1. The number of rotatable bonds is 5. The number of likely N-dealkylation sites (tertiary alicyclic amines) is 1.